The van der Waals surface area contributed by atoms with Crippen LogP contribution >= 0.6 is 27.5 Å². The first-order valence-corrected chi connectivity index (χ1v) is 13.5. The summed E-state index contributed by atoms with van der Waals surface area (Å²) in [5, 5.41) is 3.31. The lowest BCUT2D eigenvalue weighted by Crippen LogP contribution is -2.53. The van der Waals surface area contributed by atoms with Gasteiger partial charge >= 0.3 is 0 Å². The first-order chi connectivity index (χ1) is 15.4. The van der Waals surface area contributed by atoms with Gasteiger partial charge in [0, 0.05) is 22.1 Å². The molecule has 0 fully saturated rings. The van der Waals surface area contributed by atoms with Crippen LogP contribution in [0.1, 0.15) is 32.8 Å². The fraction of sp³-hybridized carbons (Fsp3) is 0.391. The topological polar surface area (TPSA) is 86.8 Å². The number of rotatable bonds is 10. The molecule has 0 saturated heterocycles. The zero-order valence-corrected chi connectivity index (χ0v) is 22.2. The summed E-state index contributed by atoms with van der Waals surface area (Å²) >= 11 is 9.66. The van der Waals surface area contributed by atoms with Gasteiger partial charge in [0.05, 0.1) is 11.9 Å². The van der Waals surface area contributed by atoms with Crippen LogP contribution in [0.5, 0.6) is 0 Å². The molecule has 33 heavy (non-hydrogen) atoms. The molecule has 0 saturated carbocycles. The summed E-state index contributed by atoms with van der Waals surface area (Å²) in [5.74, 6) is -0.813. The van der Waals surface area contributed by atoms with E-state index < -0.39 is 28.5 Å². The van der Waals surface area contributed by atoms with Crippen molar-refractivity contribution >= 4 is 55.1 Å². The van der Waals surface area contributed by atoms with E-state index in [1.54, 1.807) is 55.5 Å². The molecule has 10 heteroatoms. The van der Waals surface area contributed by atoms with Gasteiger partial charge in [-0.05, 0) is 50.1 Å². The second-order valence-electron chi connectivity index (χ2n) is 7.95. The number of nitrogens with zero attached hydrogens (tertiary/aromatic N) is 2. The van der Waals surface area contributed by atoms with Crippen LogP contribution in [0.25, 0.3) is 0 Å². The average molecular weight is 559 g/mol. The number of hydrogen-bond acceptors (Lipinski definition) is 4. The lowest BCUT2D eigenvalue weighted by Gasteiger charge is -2.33. The summed E-state index contributed by atoms with van der Waals surface area (Å²) in [5.41, 5.74) is 1.01. The van der Waals surface area contributed by atoms with E-state index in [0.29, 0.717) is 27.2 Å². The van der Waals surface area contributed by atoms with Gasteiger partial charge in [-0.25, -0.2) is 8.42 Å². The molecule has 0 radical (unpaired) electrons. The van der Waals surface area contributed by atoms with Gasteiger partial charge in [0.15, 0.2) is 0 Å². The highest BCUT2D eigenvalue weighted by Gasteiger charge is 2.32. The van der Waals surface area contributed by atoms with Crippen molar-refractivity contribution in [1.29, 1.82) is 0 Å². The van der Waals surface area contributed by atoms with Crippen LogP contribution in [-0.2, 0) is 26.2 Å². The molecule has 0 aliphatic rings. The predicted molar refractivity (Wildman–Crippen MR) is 136 cm³/mol. The molecule has 1 N–H and O–H groups in total. The molecule has 1 atom stereocenters. The number of anilines is 1. The standard InChI is InChI=1S/C23H29BrClN3O4S/c1-5-21(23(30)26-16(2)3)27(14-17-9-6-7-12-20(17)25)22(29)15-28(33(4,31)32)19-11-8-10-18(24)13-19/h6-13,16,21H,5,14-15H2,1-4H3,(H,26,30)/t21-/m1/s1. The molecule has 2 rings (SSSR count). The Hall–Kier alpha value is -2.10. The summed E-state index contributed by atoms with van der Waals surface area (Å²) < 4.78 is 26.9. The summed E-state index contributed by atoms with van der Waals surface area (Å²) in [7, 11) is -3.78. The first-order valence-electron chi connectivity index (χ1n) is 10.5. The van der Waals surface area contributed by atoms with Gasteiger partial charge in [-0.15, -0.1) is 0 Å². The minimum absolute atomic E-state index is 0.0681. The van der Waals surface area contributed by atoms with Crippen LogP contribution < -0.4 is 9.62 Å². The van der Waals surface area contributed by atoms with Crippen molar-refractivity contribution in [3.8, 4) is 0 Å². The van der Waals surface area contributed by atoms with Crippen molar-refractivity contribution in [2.45, 2.75) is 45.8 Å². The monoisotopic (exact) mass is 557 g/mol. The maximum atomic E-state index is 13.5. The Morgan fingerprint density at radius 3 is 2.33 bits per heavy atom. The summed E-state index contributed by atoms with van der Waals surface area (Å²) in [4.78, 5) is 27.9. The SMILES string of the molecule is CC[C@H](C(=O)NC(C)C)N(Cc1ccccc1Cl)C(=O)CN(c1cccc(Br)c1)S(C)(=O)=O. The zero-order valence-electron chi connectivity index (χ0n) is 19.1. The van der Waals surface area contributed by atoms with Crippen molar-refractivity contribution in [3.63, 3.8) is 0 Å². The highest BCUT2D eigenvalue weighted by Crippen LogP contribution is 2.24. The number of benzene rings is 2. The maximum Gasteiger partial charge on any atom is 0.244 e. The Morgan fingerprint density at radius 1 is 1.12 bits per heavy atom. The van der Waals surface area contributed by atoms with E-state index >= 15 is 0 Å². The molecule has 2 aromatic rings. The van der Waals surface area contributed by atoms with Crippen LogP contribution in [0, 0.1) is 0 Å². The Morgan fingerprint density at radius 2 is 1.79 bits per heavy atom. The zero-order chi connectivity index (χ0) is 24.8. The van der Waals surface area contributed by atoms with Gasteiger partial charge in [0.2, 0.25) is 21.8 Å². The second-order valence-corrected chi connectivity index (χ2v) is 11.2. The van der Waals surface area contributed by atoms with Gasteiger partial charge in [0.25, 0.3) is 0 Å². The molecule has 0 aliphatic carbocycles. The molecular formula is C23H29BrClN3O4S. The van der Waals surface area contributed by atoms with Crippen LogP contribution in [-0.4, -0.2) is 50.0 Å². The number of carbonyl (C=O) groups is 2. The molecule has 0 bridgehead atoms. The molecule has 0 heterocycles. The fourth-order valence-corrected chi connectivity index (χ4v) is 4.78. The molecule has 2 amide bonds. The highest BCUT2D eigenvalue weighted by atomic mass is 79.9. The fourth-order valence-electron chi connectivity index (χ4n) is 3.36. The predicted octanol–water partition coefficient (Wildman–Crippen LogP) is 4.20. The Bertz CT molecular complexity index is 1090. The molecular weight excluding hydrogens is 530 g/mol. The van der Waals surface area contributed by atoms with Gasteiger partial charge in [0.1, 0.15) is 12.6 Å². The van der Waals surface area contributed by atoms with Crippen LogP contribution in [0.3, 0.4) is 0 Å². The van der Waals surface area contributed by atoms with Crippen LogP contribution in [0.2, 0.25) is 5.02 Å². The minimum atomic E-state index is -3.78. The number of halogens is 2. The largest absolute Gasteiger partial charge is 0.352 e. The molecule has 0 aliphatic heterocycles. The van der Waals surface area contributed by atoms with Crippen LogP contribution in [0.4, 0.5) is 5.69 Å². The summed E-state index contributed by atoms with van der Waals surface area (Å²) in [6.07, 6.45) is 1.40. The van der Waals surface area contributed by atoms with E-state index in [1.807, 2.05) is 13.8 Å². The molecule has 2 aromatic carbocycles. The molecule has 0 unspecified atom stereocenters. The lowest BCUT2D eigenvalue weighted by molar-refractivity contribution is -0.140. The van der Waals surface area contributed by atoms with Crippen molar-refractivity contribution < 1.29 is 18.0 Å². The van der Waals surface area contributed by atoms with E-state index in [1.165, 1.54) is 4.90 Å². The normalized spacial score (nSPS) is 12.3. The van der Waals surface area contributed by atoms with Gasteiger partial charge < -0.3 is 10.2 Å². The molecule has 0 aromatic heterocycles. The summed E-state index contributed by atoms with van der Waals surface area (Å²) in [6, 6.07) is 12.8. The van der Waals surface area contributed by atoms with Gasteiger partial charge in [-0.1, -0.05) is 58.7 Å². The third-order valence-corrected chi connectivity index (χ3v) is 6.89. The average Bonchev–Trinajstić information content (AvgIpc) is 2.71. The van der Waals surface area contributed by atoms with Crippen molar-refractivity contribution in [2.75, 3.05) is 17.1 Å². The van der Waals surface area contributed by atoms with Gasteiger partial charge in [-0.2, -0.15) is 0 Å². The summed E-state index contributed by atoms with van der Waals surface area (Å²) in [6.45, 7) is 5.09. The van der Waals surface area contributed by atoms with Crippen molar-refractivity contribution in [2.24, 2.45) is 0 Å². The third kappa shape index (κ3) is 7.72. The quantitative estimate of drug-likeness (QED) is 0.474. The van der Waals surface area contributed by atoms with E-state index in [0.717, 1.165) is 10.6 Å². The Kier molecular flexibility index (Phi) is 9.75. The minimum Gasteiger partial charge on any atom is -0.352 e. The number of amides is 2. The van der Waals surface area contributed by atoms with E-state index in [9.17, 15) is 18.0 Å². The number of carbonyl (C=O) groups excluding carboxylic acids is 2. The number of hydrogen-bond donors (Lipinski definition) is 1. The van der Waals surface area contributed by atoms with Gasteiger partial charge in [-0.3, -0.25) is 13.9 Å². The van der Waals surface area contributed by atoms with E-state index in [4.69, 9.17) is 11.6 Å². The number of sulfonamides is 1. The van der Waals surface area contributed by atoms with Crippen molar-refractivity contribution in [1.82, 2.24) is 10.2 Å². The van der Waals surface area contributed by atoms with Crippen LogP contribution in [0.15, 0.2) is 53.0 Å². The molecule has 180 valence electrons. The van der Waals surface area contributed by atoms with E-state index in [-0.39, 0.29) is 18.5 Å². The lowest BCUT2D eigenvalue weighted by atomic mass is 10.1. The van der Waals surface area contributed by atoms with E-state index in [2.05, 4.69) is 21.2 Å². The first kappa shape index (κ1) is 27.1. The highest BCUT2D eigenvalue weighted by molar-refractivity contribution is 9.10. The second kappa shape index (κ2) is 11.9. The smallest absolute Gasteiger partial charge is 0.244 e. The molecule has 7 nitrogen and oxygen atoms in total. The van der Waals surface area contributed by atoms with Crippen molar-refractivity contribution in [3.05, 3.63) is 63.6 Å². The molecule has 0 spiro atoms. The third-order valence-electron chi connectivity index (χ3n) is 4.89. The maximum absolute atomic E-state index is 13.5. The number of nitrogens with one attached hydrogen (secondary N) is 1. The Labute approximate surface area is 209 Å². The Balaban J connectivity index is 2.46.